The Labute approximate surface area is 181 Å². The monoisotopic (exact) mass is 503 g/mol. The van der Waals surface area contributed by atoms with Gasteiger partial charge < -0.3 is 20.1 Å². The Morgan fingerprint density at radius 3 is 2.96 bits per heavy atom. The number of guanidine groups is 1. The third-order valence-corrected chi connectivity index (χ3v) is 4.49. The van der Waals surface area contributed by atoms with Gasteiger partial charge in [0, 0.05) is 37.5 Å². The normalized spacial score (nSPS) is 17.4. The van der Waals surface area contributed by atoms with Crippen LogP contribution in [0.5, 0.6) is 0 Å². The van der Waals surface area contributed by atoms with E-state index in [0.717, 1.165) is 30.2 Å². The summed E-state index contributed by atoms with van der Waals surface area (Å²) in [4.78, 5) is 6.86. The van der Waals surface area contributed by atoms with Crippen molar-refractivity contribution >= 4 is 29.9 Å². The molecular formula is C19H27FIN5O2. The Hall–Kier alpha value is -1.72. The first kappa shape index (κ1) is 22.6. The zero-order valence-electron chi connectivity index (χ0n) is 16.1. The minimum atomic E-state index is -0.398. The number of ether oxygens (including phenoxy) is 1. The quantitative estimate of drug-likeness (QED) is 0.372. The van der Waals surface area contributed by atoms with Gasteiger partial charge in [-0.05, 0) is 24.6 Å². The van der Waals surface area contributed by atoms with E-state index in [1.807, 2.05) is 26.4 Å². The van der Waals surface area contributed by atoms with E-state index in [4.69, 9.17) is 9.73 Å². The largest absolute Gasteiger partial charge is 0.392 e. The Morgan fingerprint density at radius 2 is 2.29 bits per heavy atom. The molecule has 0 spiro atoms. The molecule has 0 aliphatic carbocycles. The summed E-state index contributed by atoms with van der Waals surface area (Å²) in [6.45, 7) is 4.89. The number of aliphatic hydroxyl groups is 1. The van der Waals surface area contributed by atoms with E-state index in [-0.39, 0.29) is 42.3 Å². The summed E-state index contributed by atoms with van der Waals surface area (Å²) < 4.78 is 21.2. The molecule has 0 radical (unpaired) electrons. The summed E-state index contributed by atoms with van der Waals surface area (Å²) in [5.41, 5.74) is 2.19. The van der Waals surface area contributed by atoms with Crippen molar-refractivity contribution in [3.63, 3.8) is 0 Å². The van der Waals surface area contributed by atoms with E-state index < -0.39 is 5.82 Å². The maximum Gasteiger partial charge on any atom is 0.194 e. The van der Waals surface area contributed by atoms with Crippen molar-refractivity contribution in [2.45, 2.75) is 26.2 Å². The highest BCUT2D eigenvalue weighted by Crippen LogP contribution is 2.21. The second kappa shape index (κ2) is 10.7. The van der Waals surface area contributed by atoms with Gasteiger partial charge in [0.15, 0.2) is 5.96 Å². The van der Waals surface area contributed by atoms with Crippen LogP contribution in [0, 0.1) is 5.82 Å². The standard InChI is InChI=1S/C19H26FN5O2.HI/c1-3-21-19(22-9-14-4-5-17(20)15(8-14)13-26)25-6-7-27-18(12-25)16-10-23-24(2)11-16;/h4-5,8,10-11,18,26H,3,6-7,9,12-13H2,1-2H3,(H,21,22);1H. The summed E-state index contributed by atoms with van der Waals surface area (Å²) in [7, 11) is 1.89. The van der Waals surface area contributed by atoms with Crippen molar-refractivity contribution in [3.05, 3.63) is 53.1 Å². The number of aliphatic imine (C=N–C) groups is 1. The molecule has 9 heteroatoms. The molecule has 1 aliphatic heterocycles. The van der Waals surface area contributed by atoms with Crippen LogP contribution in [0.1, 0.15) is 29.7 Å². The zero-order valence-corrected chi connectivity index (χ0v) is 18.5. The maximum atomic E-state index is 13.5. The Balaban J connectivity index is 0.00000280. The summed E-state index contributed by atoms with van der Waals surface area (Å²) in [5, 5.41) is 16.8. The highest BCUT2D eigenvalue weighted by molar-refractivity contribution is 14.0. The number of morpholine rings is 1. The van der Waals surface area contributed by atoms with Crippen LogP contribution in [0.4, 0.5) is 4.39 Å². The van der Waals surface area contributed by atoms with Gasteiger partial charge in [0.1, 0.15) is 11.9 Å². The van der Waals surface area contributed by atoms with Crippen molar-refractivity contribution in [2.75, 3.05) is 26.2 Å². The van der Waals surface area contributed by atoms with E-state index in [2.05, 4.69) is 15.3 Å². The molecule has 1 aromatic carbocycles. The summed E-state index contributed by atoms with van der Waals surface area (Å²) in [6.07, 6.45) is 3.74. The second-order valence-electron chi connectivity index (χ2n) is 6.51. The van der Waals surface area contributed by atoms with Gasteiger partial charge in [0.25, 0.3) is 0 Å². The molecule has 2 aromatic rings. The lowest BCUT2D eigenvalue weighted by atomic mass is 10.1. The lowest BCUT2D eigenvalue weighted by molar-refractivity contribution is -0.00805. The fourth-order valence-electron chi connectivity index (χ4n) is 3.09. The number of hydrogen-bond donors (Lipinski definition) is 2. The molecular weight excluding hydrogens is 476 g/mol. The van der Waals surface area contributed by atoms with Crippen LogP contribution in [0.2, 0.25) is 0 Å². The number of nitrogens with zero attached hydrogens (tertiary/aromatic N) is 4. The molecule has 28 heavy (non-hydrogen) atoms. The molecule has 154 valence electrons. The number of rotatable bonds is 5. The molecule has 0 bridgehead atoms. The van der Waals surface area contributed by atoms with Crippen molar-refractivity contribution in [2.24, 2.45) is 12.0 Å². The van der Waals surface area contributed by atoms with Gasteiger partial charge in [0.2, 0.25) is 0 Å². The van der Waals surface area contributed by atoms with Crippen LogP contribution >= 0.6 is 24.0 Å². The van der Waals surface area contributed by atoms with Gasteiger partial charge in [-0.3, -0.25) is 4.68 Å². The number of aliphatic hydroxyl groups excluding tert-OH is 1. The molecule has 1 aliphatic rings. The van der Waals surface area contributed by atoms with Gasteiger partial charge in [-0.15, -0.1) is 24.0 Å². The Bertz CT molecular complexity index is 798. The van der Waals surface area contributed by atoms with Gasteiger partial charge >= 0.3 is 0 Å². The minimum Gasteiger partial charge on any atom is -0.392 e. The molecule has 1 atom stereocenters. The third-order valence-electron chi connectivity index (χ3n) is 4.49. The molecule has 1 fully saturated rings. The Morgan fingerprint density at radius 1 is 1.46 bits per heavy atom. The van der Waals surface area contributed by atoms with E-state index in [1.54, 1.807) is 16.8 Å². The molecule has 2 heterocycles. The first-order chi connectivity index (χ1) is 13.1. The number of aryl methyl sites for hydroxylation is 1. The van der Waals surface area contributed by atoms with Gasteiger partial charge in [-0.1, -0.05) is 6.07 Å². The minimum absolute atomic E-state index is 0. The number of halogens is 2. The van der Waals surface area contributed by atoms with Crippen LogP contribution in [0.3, 0.4) is 0 Å². The number of aromatic nitrogens is 2. The molecule has 7 nitrogen and oxygen atoms in total. The SMILES string of the molecule is CCNC(=NCc1ccc(F)c(CO)c1)N1CCOC(c2cnn(C)c2)C1.I. The lowest BCUT2D eigenvalue weighted by Gasteiger charge is -2.34. The van der Waals surface area contributed by atoms with Crippen LogP contribution in [0.25, 0.3) is 0 Å². The molecule has 1 unspecified atom stereocenters. The number of benzene rings is 1. The van der Waals surface area contributed by atoms with Crippen molar-refractivity contribution in [1.82, 2.24) is 20.0 Å². The van der Waals surface area contributed by atoms with E-state index in [1.165, 1.54) is 6.07 Å². The van der Waals surface area contributed by atoms with Crippen LogP contribution in [-0.4, -0.2) is 52.0 Å². The zero-order chi connectivity index (χ0) is 19.2. The molecule has 3 rings (SSSR count). The average molecular weight is 503 g/mol. The molecule has 1 saturated heterocycles. The van der Waals surface area contributed by atoms with Crippen molar-refractivity contribution in [1.29, 1.82) is 0 Å². The number of nitrogens with one attached hydrogen (secondary N) is 1. The van der Waals surface area contributed by atoms with E-state index in [9.17, 15) is 9.50 Å². The van der Waals surface area contributed by atoms with Gasteiger partial charge in [-0.2, -0.15) is 5.10 Å². The first-order valence-electron chi connectivity index (χ1n) is 9.12. The van der Waals surface area contributed by atoms with E-state index >= 15 is 0 Å². The summed E-state index contributed by atoms with van der Waals surface area (Å²) in [6, 6.07) is 4.72. The van der Waals surface area contributed by atoms with Crippen molar-refractivity contribution in [3.8, 4) is 0 Å². The topological polar surface area (TPSA) is 74.9 Å². The molecule has 0 amide bonds. The highest BCUT2D eigenvalue weighted by Gasteiger charge is 2.25. The third kappa shape index (κ3) is 5.65. The maximum absolute atomic E-state index is 13.5. The summed E-state index contributed by atoms with van der Waals surface area (Å²) in [5.74, 6) is 0.397. The molecule has 0 saturated carbocycles. The van der Waals surface area contributed by atoms with Gasteiger partial charge in [-0.25, -0.2) is 9.38 Å². The molecule has 2 N–H and O–H groups in total. The van der Waals surface area contributed by atoms with Crippen molar-refractivity contribution < 1.29 is 14.2 Å². The lowest BCUT2D eigenvalue weighted by Crippen LogP contribution is -2.48. The molecule has 1 aromatic heterocycles. The smallest absolute Gasteiger partial charge is 0.194 e. The first-order valence-corrected chi connectivity index (χ1v) is 9.12. The fraction of sp³-hybridized carbons (Fsp3) is 0.474. The predicted octanol–water partition coefficient (Wildman–Crippen LogP) is 2.21. The fourth-order valence-corrected chi connectivity index (χ4v) is 3.09. The van der Waals surface area contributed by atoms with Gasteiger partial charge in [0.05, 0.1) is 32.5 Å². The summed E-state index contributed by atoms with van der Waals surface area (Å²) >= 11 is 0. The predicted molar refractivity (Wildman–Crippen MR) is 116 cm³/mol. The van der Waals surface area contributed by atoms with Crippen LogP contribution in [-0.2, 0) is 24.9 Å². The van der Waals surface area contributed by atoms with Crippen LogP contribution < -0.4 is 5.32 Å². The van der Waals surface area contributed by atoms with E-state index in [0.29, 0.717) is 19.7 Å². The van der Waals surface area contributed by atoms with Crippen LogP contribution in [0.15, 0.2) is 35.6 Å². The second-order valence-corrected chi connectivity index (χ2v) is 6.51. The average Bonchev–Trinajstić information content (AvgIpc) is 3.12. The Kier molecular flexibility index (Phi) is 8.64. The highest BCUT2D eigenvalue weighted by atomic mass is 127. The number of hydrogen-bond acceptors (Lipinski definition) is 4.